The first kappa shape index (κ1) is 13.3. The van der Waals surface area contributed by atoms with Crippen LogP contribution in [0.1, 0.15) is 24.2 Å². The first-order chi connectivity index (χ1) is 8.22. The van der Waals surface area contributed by atoms with E-state index in [2.05, 4.69) is 5.48 Å². The first-order valence-electron chi connectivity index (χ1n) is 5.45. The topological polar surface area (TPSA) is 56.8 Å². The maximum atomic E-state index is 11.6. The van der Waals surface area contributed by atoms with Crippen molar-refractivity contribution in [3.63, 3.8) is 0 Å². The molecule has 0 atom stereocenters. The number of nitrogens with one attached hydrogen (secondary N) is 1. The van der Waals surface area contributed by atoms with Gasteiger partial charge in [-0.1, -0.05) is 0 Å². The predicted molar refractivity (Wildman–Crippen MR) is 63.3 cm³/mol. The average molecular weight is 239 g/mol. The quantitative estimate of drug-likeness (QED) is 0.769. The lowest BCUT2D eigenvalue weighted by Crippen LogP contribution is -2.23. The Balaban J connectivity index is 2.87. The molecule has 5 nitrogen and oxygen atoms in total. The zero-order chi connectivity index (χ0) is 12.7. The van der Waals surface area contributed by atoms with E-state index in [-0.39, 0.29) is 5.91 Å². The van der Waals surface area contributed by atoms with Crippen molar-refractivity contribution in [2.24, 2.45) is 0 Å². The smallest absolute Gasteiger partial charge is 0.274 e. The molecule has 1 aromatic carbocycles. The molecule has 1 rings (SSSR count). The monoisotopic (exact) mass is 239 g/mol. The maximum absolute atomic E-state index is 11.6. The zero-order valence-electron chi connectivity index (χ0n) is 10.3. The van der Waals surface area contributed by atoms with Gasteiger partial charge in [-0.15, -0.1) is 0 Å². The third kappa shape index (κ3) is 3.64. The van der Waals surface area contributed by atoms with Crippen molar-refractivity contribution in [2.75, 3.05) is 20.3 Å². The summed E-state index contributed by atoms with van der Waals surface area (Å²) in [5.74, 6) is 0.828. The molecule has 0 spiro atoms. The molecule has 1 amide bonds. The lowest BCUT2D eigenvalue weighted by molar-refractivity contribution is 0.0364. The molecular formula is C12H17NO4. The molecule has 0 saturated carbocycles. The molecule has 0 saturated heterocycles. The molecule has 0 aliphatic heterocycles. The van der Waals surface area contributed by atoms with Gasteiger partial charge >= 0.3 is 0 Å². The van der Waals surface area contributed by atoms with Crippen LogP contribution in [0.25, 0.3) is 0 Å². The zero-order valence-corrected chi connectivity index (χ0v) is 10.3. The van der Waals surface area contributed by atoms with Crippen LogP contribution in [0.5, 0.6) is 11.5 Å². The van der Waals surface area contributed by atoms with Crippen molar-refractivity contribution in [1.82, 2.24) is 5.48 Å². The van der Waals surface area contributed by atoms with Gasteiger partial charge in [0.05, 0.1) is 20.3 Å². The molecule has 0 radical (unpaired) electrons. The van der Waals surface area contributed by atoms with E-state index >= 15 is 0 Å². The van der Waals surface area contributed by atoms with Gasteiger partial charge in [-0.2, -0.15) is 0 Å². The van der Waals surface area contributed by atoms with Crippen LogP contribution in [0.4, 0.5) is 0 Å². The van der Waals surface area contributed by atoms with E-state index in [1.165, 1.54) is 0 Å². The third-order valence-corrected chi connectivity index (χ3v) is 2.03. The van der Waals surface area contributed by atoms with E-state index in [9.17, 15) is 4.79 Å². The van der Waals surface area contributed by atoms with Gasteiger partial charge in [-0.25, -0.2) is 5.48 Å². The minimum absolute atomic E-state index is 0.310. The Kier molecular flexibility index (Phi) is 5.29. The van der Waals surface area contributed by atoms with Crippen molar-refractivity contribution < 1.29 is 19.1 Å². The van der Waals surface area contributed by atoms with Crippen LogP contribution in [-0.4, -0.2) is 26.2 Å². The number of hydroxylamine groups is 1. The van der Waals surface area contributed by atoms with E-state index < -0.39 is 0 Å². The molecule has 17 heavy (non-hydrogen) atoms. The van der Waals surface area contributed by atoms with Gasteiger partial charge < -0.3 is 9.47 Å². The Morgan fingerprint density at radius 1 is 1.24 bits per heavy atom. The van der Waals surface area contributed by atoms with Crippen LogP contribution in [0.2, 0.25) is 0 Å². The number of carbonyl (C=O) groups excluding carboxylic acids is 1. The normalized spacial score (nSPS) is 9.82. The van der Waals surface area contributed by atoms with E-state index in [1.807, 2.05) is 6.92 Å². The highest BCUT2D eigenvalue weighted by atomic mass is 16.6. The minimum Gasteiger partial charge on any atom is -0.493 e. The highest BCUT2D eigenvalue weighted by Crippen LogP contribution is 2.27. The second kappa shape index (κ2) is 6.75. The van der Waals surface area contributed by atoms with E-state index in [4.69, 9.17) is 14.3 Å². The summed E-state index contributed by atoms with van der Waals surface area (Å²) in [5, 5.41) is 0. The van der Waals surface area contributed by atoms with Gasteiger partial charge in [-0.3, -0.25) is 9.63 Å². The molecule has 1 aromatic rings. The molecule has 0 heterocycles. The average Bonchev–Trinajstić information content (AvgIpc) is 2.36. The van der Waals surface area contributed by atoms with Gasteiger partial charge in [-0.05, 0) is 32.0 Å². The van der Waals surface area contributed by atoms with Gasteiger partial charge in [0.15, 0.2) is 11.5 Å². The Morgan fingerprint density at radius 2 is 2.00 bits per heavy atom. The van der Waals surface area contributed by atoms with Crippen LogP contribution < -0.4 is 15.0 Å². The molecule has 0 aromatic heterocycles. The van der Waals surface area contributed by atoms with Crippen LogP contribution in [0.3, 0.4) is 0 Å². The fourth-order valence-corrected chi connectivity index (χ4v) is 1.28. The summed E-state index contributed by atoms with van der Waals surface area (Å²) in [5.41, 5.74) is 2.78. The number of hydrogen-bond acceptors (Lipinski definition) is 4. The first-order valence-corrected chi connectivity index (χ1v) is 5.45. The Bertz CT molecular complexity index is 379. The van der Waals surface area contributed by atoms with Crippen molar-refractivity contribution in [3.8, 4) is 11.5 Å². The highest BCUT2D eigenvalue weighted by molar-refractivity contribution is 5.94. The molecular weight excluding hydrogens is 222 g/mol. The summed E-state index contributed by atoms with van der Waals surface area (Å²) in [6, 6.07) is 4.96. The SMILES string of the molecule is CCONC(=O)c1ccc(OC)c(OCC)c1. The van der Waals surface area contributed by atoms with E-state index in [0.29, 0.717) is 30.3 Å². The van der Waals surface area contributed by atoms with Gasteiger partial charge in [0.25, 0.3) is 5.91 Å². The standard InChI is InChI=1S/C12H17NO4/c1-4-16-11-8-9(6-7-10(11)15-3)12(14)13-17-5-2/h6-8H,4-5H2,1-3H3,(H,13,14). The highest BCUT2D eigenvalue weighted by Gasteiger charge is 2.10. The number of hydrogen-bond donors (Lipinski definition) is 1. The van der Waals surface area contributed by atoms with Gasteiger partial charge in [0, 0.05) is 5.56 Å². The van der Waals surface area contributed by atoms with Crippen molar-refractivity contribution >= 4 is 5.91 Å². The molecule has 94 valence electrons. The summed E-state index contributed by atoms with van der Waals surface area (Å²) >= 11 is 0. The molecule has 0 aliphatic carbocycles. The van der Waals surface area contributed by atoms with Crippen molar-refractivity contribution in [3.05, 3.63) is 23.8 Å². The van der Waals surface area contributed by atoms with Crippen molar-refractivity contribution in [2.45, 2.75) is 13.8 Å². The van der Waals surface area contributed by atoms with Crippen LogP contribution in [-0.2, 0) is 4.84 Å². The molecule has 0 fully saturated rings. The molecule has 0 unspecified atom stereocenters. The fraction of sp³-hybridized carbons (Fsp3) is 0.417. The van der Waals surface area contributed by atoms with E-state index in [1.54, 1.807) is 32.2 Å². The van der Waals surface area contributed by atoms with E-state index in [0.717, 1.165) is 0 Å². The molecule has 0 aliphatic rings. The molecule has 0 bridgehead atoms. The summed E-state index contributed by atoms with van der Waals surface area (Å²) in [6.45, 7) is 4.58. The second-order valence-electron chi connectivity index (χ2n) is 3.16. The number of methoxy groups -OCH3 is 1. The number of amides is 1. The fourth-order valence-electron chi connectivity index (χ4n) is 1.28. The van der Waals surface area contributed by atoms with Gasteiger partial charge in [0.1, 0.15) is 0 Å². The number of rotatable bonds is 6. The second-order valence-corrected chi connectivity index (χ2v) is 3.16. The Labute approximate surface area is 101 Å². The summed E-state index contributed by atoms with van der Waals surface area (Å²) in [7, 11) is 1.55. The molecule has 5 heteroatoms. The maximum Gasteiger partial charge on any atom is 0.274 e. The minimum atomic E-state index is -0.310. The van der Waals surface area contributed by atoms with Gasteiger partial charge in [0.2, 0.25) is 0 Å². The van der Waals surface area contributed by atoms with Crippen LogP contribution >= 0.6 is 0 Å². The third-order valence-electron chi connectivity index (χ3n) is 2.03. The predicted octanol–water partition coefficient (Wildman–Crippen LogP) is 1.78. The largest absolute Gasteiger partial charge is 0.493 e. The number of carbonyl (C=O) groups is 1. The Hall–Kier alpha value is -1.75. The van der Waals surface area contributed by atoms with Crippen molar-refractivity contribution in [1.29, 1.82) is 0 Å². The molecule has 1 N–H and O–H groups in total. The van der Waals surface area contributed by atoms with Crippen LogP contribution in [0.15, 0.2) is 18.2 Å². The Morgan fingerprint density at radius 3 is 2.59 bits per heavy atom. The summed E-state index contributed by atoms with van der Waals surface area (Å²) in [6.07, 6.45) is 0. The summed E-state index contributed by atoms with van der Waals surface area (Å²) in [4.78, 5) is 16.5. The lowest BCUT2D eigenvalue weighted by atomic mass is 10.2. The van der Waals surface area contributed by atoms with Crippen LogP contribution in [0, 0.1) is 0 Å². The lowest BCUT2D eigenvalue weighted by Gasteiger charge is -2.10. The number of ether oxygens (including phenoxy) is 2. The summed E-state index contributed by atoms with van der Waals surface area (Å²) < 4.78 is 10.5. The number of benzene rings is 1.